The van der Waals surface area contributed by atoms with E-state index in [0.717, 1.165) is 0 Å². The van der Waals surface area contributed by atoms with Gasteiger partial charge in [0.15, 0.2) is 0 Å². The minimum Gasteiger partial charge on any atom is -0.396 e. The van der Waals surface area contributed by atoms with Crippen molar-refractivity contribution in [3.05, 3.63) is 0 Å². The number of hydrogen-bond acceptors (Lipinski definition) is 5. The third-order valence-electron chi connectivity index (χ3n) is 2.35. The third kappa shape index (κ3) is 12.3. The average Bonchev–Trinajstić information content (AvgIpc) is 2.31. The molecule has 0 saturated heterocycles. The molecule has 0 fully saturated rings. The highest BCUT2D eigenvalue weighted by Crippen LogP contribution is 2.00. The summed E-state index contributed by atoms with van der Waals surface area (Å²) in [5.74, 6) is 0. The van der Waals surface area contributed by atoms with Crippen LogP contribution in [0.5, 0.6) is 0 Å². The molecule has 0 saturated carbocycles. The van der Waals surface area contributed by atoms with Crippen LogP contribution in [-0.2, 0) is 14.2 Å². The summed E-state index contributed by atoms with van der Waals surface area (Å²) in [5, 5.41) is 17.7. The van der Waals surface area contributed by atoms with Crippen LogP contribution in [-0.4, -0.2) is 61.6 Å². The summed E-state index contributed by atoms with van der Waals surface area (Å²) >= 11 is 0. The lowest BCUT2D eigenvalue weighted by atomic mass is 10.3. The van der Waals surface area contributed by atoms with E-state index in [1.54, 1.807) is 6.92 Å². The van der Waals surface area contributed by atoms with Crippen LogP contribution in [0, 0.1) is 0 Å². The molecular weight excluding hydrogens is 236 g/mol. The first-order valence-electron chi connectivity index (χ1n) is 6.66. The first-order valence-corrected chi connectivity index (χ1v) is 6.66. The monoisotopic (exact) mass is 264 g/mol. The van der Waals surface area contributed by atoms with Gasteiger partial charge in [0, 0.05) is 19.8 Å². The van der Waals surface area contributed by atoms with Crippen molar-refractivity contribution in [2.24, 2.45) is 0 Å². The van der Waals surface area contributed by atoms with Crippen LogP contribution in [0.1, 0.15) is 33.6 Å². The van der Waals surface area contributed by atoms with E-state index in [9.17, 15) is 0 Å². The Bertz CT molecular complexity index is 175. The van der Waals surface area contributed by atoms with E-state index in [1.165, 1.54) is 0 Å². The van der Waals surface area contributed by atoms with Gasteiger partial charge in [0.2, 0.25) is 0 Å². The summed E-state index contributed by atoms with van der Waals surface area (Å²) in [4.78, 5) is 0. The number of aliphatic hydroxyl groups is 2. The smallest absolute Gasteiger partial charge is 0.0781 e. The van der Waals surface area contributed by atoms with E-state index >= 15 is 0 Å². The van der Waals surface area contributed by atoms with Gasteiger partial charge in [0.05, 0.1) is 31.5 Å². The molecule has 2 N–H and O–H groups in total. The van der Waals surface area contributed by atoms with Crippen LogP contribution < -0.4 is 0 Å². The molecule has 0 amide bonds. The van der Waals surface area contributed by atoms with E-state index in [-0.39, 0.29) is 24.9 Å². The van der Waals surface area contributed by atoms with Crippen molar-refractivity contribution in [1.82, 2.24) is 0 Å². The van der Waals surface area contributed by atoms with Crippen molar-refractivity contribution >= 4 is 0 Å². The fraction of sp³-hybridized carbons (Fsp3) is 1.00. The molecule has 5 heteroatoms. The van der Waals surface area contributed by atoms with Gasteiger partial charge in [0.1, 0.15) is 0 Å². The summed E-state index contributed by atoms with van der Waals surface area (Å²) in [6, 6.07) is 0. The number of rotatable bonds is 12. The Balaban J connectivity index is 3.38. The molecule has 3 atom stereocenters. The Hall–Kier alpha value is -0.200. The predicted molar refractivity (Wildman–Crippen MR) is 69.6 cm³/mol. The molecule has 0 heterocycles. The summed E-state index contributed by atoms with van der Waals surface area (Å²) in [7, 11) is 0. The highest BCUT2D eigenvalue weighted by atomic mass is 16.6. The molecule has 5 nitrogen and oxygen atoms in total. The molecule has 0 rings (SSSR count). The maximum atomic E-state index is 9.08. The Morgan fingerprint density at radius 1 is 0.944 bits per heavy atom. The summed E-state index contributed by atoms with van der Waals surface area (Å²) in [5.41, 5.74) is 0. The van der Waals surface area contributed by atoms with Crippen molar-refractivity contribution in [3.8, 4) is 0 Å². The highest BCUT2D eigenvalue weighted by molar-refractivity contribution is 4.54. The van der Waals surface area contributed by atoms with Gasteiger partial charge in [-0.05, 0) is 33.6 Å². The van der Waals surface area contributed by atoms with Gasteiger partial charge in [0.25, 0.3) is 0 Å². The molecule has 0 aliphatic heterocycles. The average molecular weight is 264 g/mol. The quantitative estimate of drug-likeness (QED) is 0.514. The van der Waals surface area contributed by atoms with Crippen LogP contribution >= 0.6 is 0 Å². The fourth-order valence-corrected chi connectivity index (χ4v) is 1.25. The Morgan fingerprint density at radius 3 is 2.22 bits per heavy atom. The fourth-order valence-electron chi connectivity index (χ4n) is 1.25. The standard InChI is InChI=1S/C13H28O5/c1-11(15)5-8-17-13(3)10-18-12(2)9-16-7-4-6-14/h11-15H,4-10H2,1-3H3. The van der Waals surface area contributed by atoms with Crippen molar-refractivity contribution in [3.63, 3.8) is 0 Å². The van der Waals surface area contributed by atoms with Crippen LogP contribution in [0.2, 0.25) is 0 Å². The number of hydrogen-bond donors (Lipinski definition) is 2. The van der Waals surface area contributed by atoms with E-state index < -0.39 is 0 Å². The zero-order valence-electron chi connectivity index (χ0n) is 11.8. The Labute approximate surface area is 110 Å². The Morgan fingerprint density at radius 2 is 1.61 bits per heavy atom. The predicted octanol–water partition coefficient (Wildman–Crippen LogP) is 0.966. The molecule has 0 spiro atoms. The normalized spacial score (nSPS) is 16.5. The van der Waals surface area contributed by atoms with Gasteiger partial charge in [-0.25, -0.2) is 0 Å². The van der Waals surface area contributed by atoms with E-state index in [2.05, 4.69) is 0 Å². The summed E-state index contributed by atoms with van der Waals surface area (Å²) in [6.07, 6.45) is 1.02. The second-order valence-corrected chi connectivity index (χ2v) is 4.62. The molecule has 18 heavy (non-hydrogen) atoms. The van der Waals surface area contributed by atoms with Crippen molar-refractivity contribution in [1.29, 1.82) is 0 Å². The number of ether oxygens (including phenoxy) is 3. The maximum absolute atomic E-state index is 9.08. The van der Waals surface area contributed by atoms with Gasteiger partial charge >= 0.3 is 0 Å². The van der Waals surface area contributed by atoms with Crippen LogP contribution in [0.25, 0.3) is 0 Å². The molecule has 110 valence electrons. The SMILES string of the molecule is CC(O)CCOC(C)COC(C)COCCCO. The van der Waals surface area contributed by atoms with E-state index in [0.29, 0.717) is 39.3 Å². The van der Waals surface area contributed by atoms with Crippen molar-refractivity contribution < 1.29 is 24.4 Å². The second-order valence-electron chi connectivity index (χ2n) is 4.62. The third-order valence-corrected chi connectivity index (χ3v) is 2.35. The van der Waals surface area contributed by atoms with Gasteiger partial charge < -0.3 is 24.4 Å². The van der Waals surface area contributed by atoms with Gasteiger partial charge in [-0.3, -0.25) is 0 Å². The Kier molecular flexibility index (Phi) is 11.7. The lowest BCUT2D eigenvalue weighted by Crippen LogP contribution is -2.24. The maximum Gasteiger partial charge on any atom is 0.0781 e. The lowest BCUT2D eigenvalue weighted by molar-refractivity contribution is -0.0610. The minimum atomic E-state index is -0.322. The molecule has 3 unspecified atom stereocenters. The lowest BCUT2D eigenvalue weighted by Gasteiger charge is -2.18. The van der Waals surface area contributed by atoms with Crippen LogP contribution in [0.4, 0.5) is 0 Å². The van der Waals surface area contributed by atoms with Gasteiger partial charge in [-0.15, -0.1) is 0 Å². The molecular formula is C13H28O5. The minimum absolute atomic E-state index is 0.0173. The largest absolute Gasteiger partial charge is 0.396 e. The van der Waals surface area contributed by atoms with Gasteiger partial charge in [-0.2, -0.15) is 0 Å². The van der Waals surface area contributed by atoms with Crippen LogP contribution in [0.3, 0.4) is 0 Å². The second kappa shape index (κ2) is 11.9. The molecule has 0 aromatic heterocycles. The molecule has 0 aliphatic rings. The molecule has 0 aromatic rings. The molecule has 0 bridgehead atoms. The van der Waals surface area contributed by atoms with E-state index in [1.807, 2.05) is 13.8 Å². The van der Waals surface area contributed by atoms with E-state index in [4.69, 9.17) is 24.4 Å². The zero-order chi connectivity index (χ0) is 13.8. The van der Waals surface area contributed by atoms with Crippen molar-refractivity contribution in [2.75, 3.05) is 33.0 Å². The van der Waals surface area contributed by atoms with Crippen molar-refractivity contribution in [2.45, 2.75) is 51.9 Å². The van der Waals surface area contributed by atoms with Crippen LogP contribution in [0.15, 0.2) is 0 Å². The zero-order valence-corrected chi connectivity index (χ0v) is 11.8. The molecule has 0 aliphatic carbocycles. The summed E-state index contributed by atoms with van der Waals surface area (Å²) < 4.78 is 16.4. The highest BCUT2D eigenvalue weighted by Gasteiger charge is 2.07. The molecule has 0 radical (unpaired) electrons. The topological polar surface area (TPSA) is 68.2 Å². The van der Waals surface area contributed by atoms with Gasteiger partial charge in [-0.1, -0.05) is 0 Å². The molecule has 0 aromatic carbocycles. The first kappa shape index (κ1) is 17.8. The number of aliphatic hydroxyl groups excluding tert-OH is 2. The first-order chi connectivity index (χ1) is 8.56. The summed E-state index contributed by atoms with van der Waals surface area (Å²) in [6.45, 7) is 7.95.